The molecular formula is C12H25N3O2. The van der Waals surface area contributed by atoms with Crippen LogP contribution in [-0.2, 0) is 9.53 Å². The lowest BCUT2D eigenvalue weighted by Gasteiger charge is -2.46. The number of ether oxygens (including phenoxy) is 1. The van der Waals surface area contributed by atoms with Crippen molar-refractivity contribution in [3.05, 3.63) is 0 Å². The molecule has 1 aliphatic heterocycles. The Kier molecular flexibility index (Phi) is 5.36. The molecule has 1 amide bonds. The second kappa shape index (κ2) is 6.33. The average molecular weight is 243 g/mol. The van der Waals surface area contributed by atoms with Gasteiger partial charge in [0.15, 0.2) is 0 Å². The van der Waals surface area contributed by atoms with Crippen molar-refractivity contribution in [2.45, 2.75) is 38.8 Å². The molecule has 1 unspecified atom stereocenters. The molecule has 0 bridgehead atoms. The molecule has 1 rings (SSSR count). The summed E-state index contributed by atoms with van der Waals surface area (Å²) < 4.78 is 5.48. The molecule has 1 atom stereocenters. The van der Waals surface area contributed by atoms with E-state index in [9.17, 15) is 4.79 Å². The lowest BCUT2D eigenvalue weighted by atomic mass is 9.98. The van der Waals surface area contributed by atoms with Gasteiger partial charge < -0.3 is 15.8 Å². The number of carbonyl (C=O) groups is 1. The van der Waals surface area contributed by atoms with Gasteiger partial charge in [-0.3, -0.25) is 9.69 Å². The van der Waals surface area contributed by atoms with E-state index >= 15 is 0 Å². The van der Waals surface area contributed by atoms with Crippen LogP contribution in [0.2, 0.25) is 0 Å². The Hall–Kier alpha value is -0.650. The zero-order valence-corrected chi connectivity index (χ0v) is 11.2. The molecule has 100 valence electrons. The molecule has 5 nitrogen and oxygen atoms in total. The average Bonchev–Trinajstić information content (AvgIpc) is 2.26. The van der Waals surface area contributed by atoms with Crippen molar-refractivity contribution < 1.29 is 9.53 Å². The molecule has 3 N–H and O–H groups in total. The van der Waals surface area contributed by atoms with E-state index in [1.807, 2.05) is 6.92 Å². The number of carbonyl (C=O) groups excluding carboxylic acids is 1. The highest BCUT2D eigenvalue weighted by Crippen LogP contribution is 2.22. The van der Waals surface area contributed by atoms with Crippen LogP contribution < -0.4 is 11.1 Å². The Bertz CT molecular complexity index is 256. The molecule has 17 heavy (non-hydrogen) atoms. The van der Waals surface area contributed by atoms with Crippen LogP contribution in [0.3, 0.4) is 0 Å². The van der Waals surface area contributed by atoms with Gasteiger partial charge >= 0.3 is 0 Å². The number of hydrogen-bond donors (Lipinski definition) is 2. The fourth-order valence-corrected chi connectivity index (χ4v) is 2.35. The van der Waals surface area contributed by atoms with Crippen LogP contribution in [0.15, 0.2) is 0 Å². The molecule has 0 aromatic heterocycles. The van der Waals surface area contributed by atoms with Gasteiger partial charge in [0.1, 0.15) is 0 Å². The molecule has 1 aliphatic rings. The number of nitrogens with two attached hydrogens (primary N) is 1. The monoisotopic (exact) mass is 243 g/mol. The molecule has 1 saturated heterocycles. The first-order chi connectivity index (χ1) is 8.01. The van der Waals surface area contributed by atoms with Crippen LogP contribution in [0.1, 0.15) is 27.2 Å². The number of rotatable bonds is 5. The summed E-state index contributed by atoms with van der Waals surface area (Å²) in [6.07, 6.45) is 0.466. The van der Waals surface area contributed by atoms with E-state index in [1.54, 1.807) is 0 Å². The minimum Gasteiger partial charge on any atom is -0.378 e. The topological polar surface area (TPSA) is 67.6 Å². The molecule has 0 aliphatic carbocycles. The second-order valence-electron chi connectivity index (χ2n) is 5.11. The van der Waals surface area contributed by atoms with Crippen molar-refractivity contribution in [3.8, 4) is 0 Å². The third-order valence-electron chi connectivity index (χ3n) is 3.22. The van der Waals surface area contributed by atoms with E-state index in [4.69, 9.17) is 10.5 Å². The third kappa shape index (κ3) is 3.94. The van der Waals surface area contributed by atoms with Gasteiger partial charge in [-0.1, -0.05) is 0 Å². The number of nitrogens with zero attached hydrogens (tertiary/aromatic N) is 1. The van der Waals surface area contributed by atoms with Crippen molar-refractivity contribution in [2.75, 3.05) is 32.8 Å². The summed E-state index contributed by atoms with van der Waals surface area (Å²) in [6.45, 7) is 9.61. The Balaban J connectivity index is 2.62. The first-order valence-corrected chi connectivity index (χ1v) is 6.32. The quantitative estimate of drug-likeness (QED) is 0.710. The minimum atomic E-state index is -0.0468. The Morgan fingerprint density at radius 3 is 2.82 bits per heavy atom. The predicted octanol–water partition coefficient (Wildman–Crippen LogP) is -0.0493. The van der Waals surface area contributed by atoms with Crippen LogP contribution in [0, 0.1) is 0 Å². The Morgan fingerprint density at radius 1 is 1.59 bits per heavy atom. The number of nitrogens with one attached hydrogen (secondary N) is 1. The maximum absolute atomic E-state index is 11.6. The van der Waals surface area contributed by atoms with Gasteiger partial charge in [-0.2, -0.15) is 0 Å². The number of morpholine rings is 1. The van der Waals surface area contributed by atoms with Gasteiger partial charge in [-0.05, 0) is 20.8 Å². The second-order valence-corrected chi connectivity index (χ2v) is 5.11. The Morgan fingerprint density at radius 2 is 2.29 bits per heavy atom. The summed E-state index contributed by atoms with van der Waals surface area (Å²) in [7, 11) is 0. The van der Waals surface area contributed by atoms with Crippen LogP contribution in [0.5, 0.6) is 0 Å². The highest BCUT2D eigenvalue weighted by molar-refractivity contribution is 5.76. The first kappa shape index (κ1) is 14.4. The van der Waals surface area contributed by atoms with Gasteiger partial charge in [0.05, 0.1) is 13.2 Å². The van der Waals surface area contributed by atoms with E-state index in [0.29, 0.717) is 26.1 Å². The van der Waals surface area contributed by atoms with Crippen molar-refractivity contribution in [2.24, 2.45) is 5.73 Å². The molecular weight excluding hydrogens is 218 g/mol. The molecule has 5 heteroatoms. The van der Waals surface area contributed by atoms with Gasteiger partial charge in [0.25, 0.3) is 0 Å². The normalized spacial score (nSPS) is 22.1. The van der Waals surface area contributed by atoms with E-state index < -0.39 is 0 Å². The lowest BCUT2D eigenvalue weighted by molar-refractivity contribution is -0.124. The van der Waals surface area contributed by atoms with E-state index in [0.717, 1.165) is 13.2 Å². The third-order valence-corrected chi connectivity index (χ3v) is 3.22. The molecule has 0 saturated carbocycles. The minimum absolute atomic E-state index is 0.0468. The fourth-order valence-electron chi connectivity index (χ4n) is 2.35. The van der Waals surface area contributed by atoms with E-state index in [1.165, 1.54) is 0 Å². The van der Waals surface area contributed by atoms with Crippen molar-refractivity contribution >= 4 is 5.91 Å². The van der Waals surface area contributed by atoms with Crippen LogP contribution >= 0.6 is 0 Å². The zero-order chi connectivity index (χ0) is 12.9. The van der Waals surface area contributed by atoms with E-state index in [-0.39, 0.29) is 17.5 Å². The molecule has 0 aromatic carbocycles. The summed E-state index contributed by atoms with van der Waals surface area (Å²) >= 11 is 0. The Labute approximate surface area is 104 Å². The van der Waals surface area contributed by atoms with Crippen molar-refractivity contribution in [1.82, 2.24) is 10.2 Å². The SMILES string of the molecule is CCNC(=O)CC(CN)N1CCOCC1(C)C. The van der Waals surface area contributed by atoms with Crippen LogP contribution in [-0.4, -0.2) is 55.2 Å². The van der Waals surface area contributed by atoms with Gasteiger partial charge in [0.2, 0.25) is 5.91 Å². The molecule has 0 radical (unpaired) electrons. The summed E-state index contributed by atoms with van der Waals surface area (Å²) in [5.74, 6) is 0.0743. The van der Waals surface area contributed by atoms with Gasteiger partial charge in [-0.15, -0.1) is 0 Å². The highest BCUT2D eigenvalue weighted by atomic mass is 16.5. The van der Waals surface area contributed by atoms with E-state index in [2.05, 4.69) is 24.1 Å². The van der Waals surface area contributed by atoms with Crippen molar-refractivity contribution in [3.63, 3.8) is 0 Å². The van der Waals surface area contributed by atoms with Crippen LogP contribution in [0.25, 0.3) is 0 Å². The molecule has 0 spiro atoms. The largest absolute Gasteiger partial charge is 0.378 e. The van der Waals surface area contributed by atoms with Crippen molar-refractivity contribution in [1.29, 1.82) is 0 Å². The maximum atomic E-state index is 11.6. The summed E-state index contributed by atoms with van der Waals surface area (Å²) in [5.41, 5.74) is 5.76. The predicted molar refractivity (Wildman–Crippen MR) is 67.7 cm³/mol. The summed E-state index contributed by atoms with van der Waals surface area (Å²) in [5, 5.41) is 2.82. The lowest BCUT2D eigenvalue weighted by Crippen LogP contribution is -2.59. The zero-order valence-electron chi connectivity index (χ0n) is 11.2. The standard InChI is InChI=1S/C12H25N3O2/c1-4-14-11(16)7-10(8-13)15-5-6-17-9-12(15,2)3/h10H,4-9,13H2,1-3H3,(H,14,16). The van der Waals surface area contributed by atoms with Gasteiger partial charge in [-0.25, -0.2) is 0 Å². The summed E-state index contributed by atoms with van der Waals surface area (Å²) in [6, 6.07) is 0.0976. The molecule has 1 fully saturated rings. The highest BCUT2D eigenvalue weighted by Gasteiger charge is 2.35. The smallest absolute Gasteiger partial charge is 0.221 e. The van der Waals surface area contributed by atoms with Gasteiger partial charge in [0, 0.05) is 37.6 Å². The number of hydrogen-bond acceptors (Lipinski definition) is 4. The fraction of sp³-hybridized carbons (Fsp3) is 0.917. The molecule has 0 aromatic rings. The first-order valence-electron chi connectivity index (χ1n) is 6.32. The molecule has 1 heterocycles. The number of amides is 1. The maximum Gasteiger partial charge on any atom is 0.221 e. The van der Waals surface area contributed by atoms with Crippen LogP contribution in [0.4, 0.5) is 0 Å². The summed E-state index contributed by atoms with van der Waals surface area (Å²) in [4.78, 5) is 13.9.